The summed E-state index contributed by atoms with van der Waals surface area (Å²) in [6, 6.07) is 14.4. The summed E-state index contributed by atoms with van der Waals surface area (Å²) in [5.41, 5.74) is 11.3. The summed E-state index contributed by atoms with van der Waals surface area (Å²) in [6.07, 6.45) is 2.01. The number of methoxy groups -OCH3 is 1. The van der Waals surface area contributed by atoms with Gasteiger partial charge in [0.15, 0.2) is 0 Å². The number of fused-ring (bicyclic) bond motifs is 1. The first-order valence-corrected chi connectivity index (χ1v) is 6.23. The molecule has 0 radical (unpaired) electrons. The van der Waals surface area contributed by atoms with Crippen LogP contribution in [0.25, 0.3) is 22.0 Å². The van der Waals surface area contributed by atoms with Gasteiger partial charge in [-0.1, -0.05) is 30.3 Å². The highest BCUT2D eigenvalue weighted by molar-refractivity contribution is 6.01. The van der Waals surface area contributed by atoms with E-state index in [0.29, 0.717) is 6.61 Å². The second-order valence-corrected chi connectivity index (χ2v) is 4.61. The third-order valence-corrected chi connectivity index (χ3v) is 3.28. The van der Waals surface area contributed by atoms with E-state index >= 15 is 0 Å². The van der Waals surface area contributed by atoms with Gasteiger partial charge in [-0.2, -0.15) is 0 Å². The highest BCUT2D eigenvalue weighted by Gasteiger charge is 2.09. The average molecular weight is 252 g/mol. The minimum absolute atomic E-state index is 0.569. The number of anilines is 1. The fraction of sp³-hybridized carbons (Fsp3) is 0.125. The molecule has 19 heavy (non-hydrogen) atoms. The SMILES string of the molecule is COCc1cc(N)c2[nH]cc(-c3ccccc3)c2c1. The van der Waals surface area contributed by atoms with Crippen LogP contribution < -0.4 is 5.73 Å². The quantitative estimate of drug-likeness (QED) is 0.700. The van der Waals surface area contributed by atoms with E-state index in [1.54, 1.807) is 7.11 Å². The Labute approximate surface area is 112 Å². The Bertz CT molecular complexity index is 701. The number of H-pyrrole nitrogens is 1. The fourth-order valence-electron chi connectivity index (χ4n) is 2.43. The molecule has 96 valence electrons. The summed E-state index contributed by atoms with van der Waals surface area (Å²) >= 11 is 0. The van der Waals surface area contributed by atoms with Gasteiger partial charge in [-0.15, -0.1) is 0 Å². The summed E-state index contributed by atoms with van der Waals surface area (Å²) in [6.45, 7) is 0.569. The normalized spacial score (nSPS) is 11.0. The average Bonchev–Trinajstić information content (AvgIpc) is 2.84. The van der Waals surface area contributed by atoms with Crippen molar-refractivity contribution in [3.8, 4) is 11.1 Å². The number of nitrogens with one attached hydrogen (secondary N) is 1. The number of ether oxygens (including phenoxy) is 1. The molecule has 0 saturated carbocycles. The van der Waals surface area contributed by atoms with Crippen molar-refractivity contribution in [1.29, 1.82) is 0 Å². The number of hydrogen-bond donors (Lipinski definition) is 2. The Morgan fingerprint density at radius 3 is 2.68 bits per heavy atom. The van der Waals surface area contributed by atoms with E-state index in [0.717, 1.165) is 22.2 Å². The van der Waals surface area contributed by atoms with Gasteiger partial charge in [-0.25, -0.2) is 0 Å². The van der Waals surface area contributed by atoms with Crippen molar-refractivity contribution in [2.75, 3.05) is 12.8 Å². The molecule has 0 bridgehead atoms. The van der Waals surface area contributed by atoms with Crippen LogP contribution >= 0.6 is 0 Å². The molecule has 0 fully saturated rings. The molecule has 0 atom stereocenters. The van der Waals surface area contributed by atoms with Gasteiger partial charge >= 0.3 is 0 Å². The number of aromatic nitrogens is 1. The lowest BCUT2D eigenvalue weighted by atomic mass is 10.0. The maximum atomic E-state index is 6.09. The first-order chi connectivity index (χ1) is 9.29. The summed E-state index contributed by atoms with van der Waals surface area (Å²) < 4.78 is 5.19. The second-order valence-electron chi connectivity index (χ2n) is 4.61. The Balaban J connectivity index is 2.21. The van der Waals surface area contributed by atoms with Gasteiger partial charge in [0.05, 0.1) is 17.8 Å². The number of aromatic amines is 1. The molecule has 0 amide bonds. The fourth-order valence-corrected chi connectivity index (χ4v) is 2.43. The molecule has 3 N–H and O–H groups in total. The van der Waals surface area contributed by atoms with Crippen LogP contribution in [0.3, 0.4) is 0 Å². The topological polar surface area (TPSA) is 51.0 Å². The zero-order chi connectivity index (χ0) is 13.2. The van der Waals surface area contributed by atoms with Crippen molar-refractivity contribution in [2.45, 2.75) is 6.61 Å². The summed E-state index contributed by atoms with van der Waals surface area (Å²) in [7, 11) is 1.69. The lowest BCUT2D eigenvalue weighted by molar-refractivity contribution is 0.185. The molecule has 3 nitrogen and oxygen atoms in total. The van der Waals surface area contributed by atoms with Crippen LogP contribution in [0.15, 0.2) is 48.7 Å². The summed E-state index contributed by atoms with van der Waals surface area (Å²) in [5, 5.41) is 1.14. The van der Waals surface area contributed by atoms with Crippen LogP contribution in [0.2, 0.25) is 0 Å². The van der Waals surface area contributed by atoms with Gasteiger partial charge in [-0.05, 0) is 23.3 Å². The van der Waals surface area contributed by atoms with Crippen LogP contribution in [0.1, 0.15) is 5.56 Å². The number of nitrogens with two attached hydrogens (primary N) is 1. The number of hydrogen-bond acceptors (Lipinski definition) is 2. The second kappa shape index (κ2) is 4.78. The molecule has 1 heterocycles. The summed E-state index contributed by atoms with van der Waals surface area (Å²) in [5.74, 6) is 0. The van der Waals surface area contributed by atoms with Crippen LogP contribution in [0.4, 0.5) is 5.69 Å². The molecule has 3 heteroatoms. The van der Waals surface area contributed by atoms with Crippen LogP contribution in [-0.2, 0) is 11.3 Å². The van der Waals surface area contributed by atoms with Crippen molar-refractivity contribution in [3.63, 3.8) is 0 Å². The van der Waals surface area contributed by atoms with Crippen molar-refractivity contribution in [3.05, 3.63) is 54.2 Å². The van der Waals surface area contributed by atoms with E-state index in [-0.39, 0.29) is 0 Å². The van der Waals surface area contributed by atoms with Crippen LogP contribution in [-0.4, -0.2) is 12.1 Å². The van der Waals surface area contributed by atoms with E-state index in [4.69, 9.17) is 10.5 Å². The predicted octanol–water partition coefficient (Wildman–Crippen LogP) is 3.56. The van der Waals surface area contributed by atoms with E-state index < -0.39 is 0 Å². The van der Waals surface area contributed by atoms with E-state index in [9.17, 15) is 0 Å². The monoisotopic (exact) mass is 252 g/mol. The minimum Gasteiger partial charge on any atom is -0.397 e. The molecule has 0 aliphatic rings. The van der Waals surface area contributed by atoms with Crippen LogP contribution in [0.5, 0.6) is 0 Å². The number of rotatable bonds is 3. The Hall–Kier alpha value is -2.26. The third-order valence-electron chi connectivity index (χ3n) is 3.28. The molecule has 3 aromatic rings. The van der Waals surface area contributed by atoms with Gasteiger partial charge in [0, 0.05) is 24.3 Å². The molecular formula is C16H16N2O. The standard InChI is InChI=1S/C16H16N2O/c1-19-10-11-7-13-14(12-5-3-2-4-6-12)9-18-16(13)15(17)8-11/h2-9,18H,10,17H2,1H3. The van der Waals surface area contributed by atoms with E-state index in [1.165, 1.54) is 11.1 Å². The number of nitrogen functional groups attached to an aromatic ring is 1. The number of benzene rings is 2. The summed E-state index contributed by atoms with van der Waals surface area (Å²) in [4.78, 5) is 3.26. The highest BCUT2D eigenvalue weighted by atomic mass is 16.5. The van der Waals surface area contributed by atoms with Crippen molar-refractivity contribution < 1.29 is 4.74 Å². The molecule has 1 aromatic heterocycles. The van der Waals surface area contributed by atoms with Gasteiger partial charge in [0.1, 0.15) is 0 Å². The maximum Gasteiger partial charge on any atom is 0.0714 e. The molecule has 0 spiro atoms. The Morgan fingerprint density at radius 2 is 1.95 bits per heavy atom. The lowest BCUT2D eigenvalue weighted by Gasteiger charge is -2.05. The molecule has 3 rings (SSSR count). The highest BCUT2D eigenvalue weighted by Crippen LogP contribution is 2.32. The van der Waals surface area contributed by atoms with Gasteiger partial charge in [-0.3, -0.25) is 0 Å². The molecule has 2 aromatic carbocycles. The zero-order valence-corrected chi connectivity index (χ0v) is 10.8. The van der Waals surface area contributed by atoms with Gasteiger partial charge in [0.25, 0.3) is 0 Å². The Morgan fingerprint density at radius 1 is 1.16 bits per heavy atom. The van der Waals surface area contributed by atoms with Crippen molar-refractivity contribution in [1.82, 2.24) is 4.98 Å². The molecule has 0 aliphatic heterocycles. The van der Waals surface area contributed by atoms with E-state index in [1.807, 2.05) is 30.5 Å². The third kappa shape index (κ3) is 2.09. The smallest absolute Gasteiger partial charge is 0.0714 e. The predicted molar refractivity (Wildman–Crippen MR) is 78.9 cm³/mol. The first-order valence-electron chi connectivity index (χ1n) is 6.23. The minimum atomic E-state index is 0.569. The first kappa shape index (κ1) is 11.8. The largest absolute Gasteiger partial charge is 0.397 e. The molecule has 0 saturated heterocycles. The maximum absolute atomic E-state index is 6.09. The Kier molecular flexibility index (Phi) is 2.97. The van der Waals surface area contributed by atoms with Crippen LogP contribution in [0, 0.1) is 0 Å². The van der Waals surface area contributed by atoms with Gasteiger partial charge < -0.3 is 15.5 Å². The van der Waals surface area contributed by atoms with Crippen molar-refractivity contribution in [2.24, 2.45) is 0 Å². The molecule has 0 unspecified atom stereocenters. The zero-order valence-electron chi connectivity index (χ0n) is 10.8. The van der Waals surface area contributed by atoms with E-state index in [2.05, 4.69) is 23.2 Å². The van der Waals surface area contributed by atoms with Crippen molar-refractivity contribution >= 4 is 16.6 Å². The van der Waals surface area contributed by atoms with Gasteiger partial charge in [0.2, 0.25) is 0 Å². The molecular weight excluding hydrogens is 236 g/mol. The molecule has 0 aliphatic carbocycles. The lowest BCUT2D eigenvalue weighted by Crippen LogP contribution is -1.92.